The lowest BCUT2D eigenvalue weighted by molar-refractivity contribution is 0.280. The molecule has 0 aromatic heterocycles. The van der Waals surface area contributed by atoms with E-state index >= 15 is 0 Å². The zero-order chi connectivity index (χ0) is 14.2. The van der Waals surface area contributed by atoms with Crippen LogP contribution in [0.15, 0.2) is 23.1 Å². The van der Waals surface area contributed by atoms with Crippen LogP contribution in [0.2, 0.25) is 0 Å². The van der Waals surface area contributed by atoms with Crippen LogP contribution in [0.1, 0.15) is 30.9 Å². The number of aryl methyl sites for hydroxylation is 1. The van der Waals surface area contributed by atoms with E-state index in [1.165, 1.54) is 4.31 Å². The van der Waals surface area contributed by atoms with Crippen LogP contribution < -0.4 is 0 Å². The van der Waals surface area contributed by atoms with Gasteiger partial charge in [-0.2, -0.15) is 4.31 Å². The molecule has 1 fully saturated rings. The first-order valence-corrected chi connectivity index (χ1v) is 8.00. The smallest absolute Gasteiger partial charge is 0.243 e. The Morgan fingerprint density at radius 3 is 2.58 bits per heavy atom. The number of hydrogen-bond donors (Lipinski definition) is 1. The lowest BCUT2D eigenvalue weighted by Crippen LogP contribution is -2.36. The van der Waals surface area contributed by atoms with Gasteiger partial charge in [-0.05, 0) is 55.9 Å². The van der Waals surface area contributed by atoms with Crippen molar-refractivity contribution in [2.24, 2.45) is 5.92 Å². The molecule has 2 rings (SSSR count). The maximum atomic E-state index is 12.5. The predicted octanol–water partition coefficient (Wildman–Crippen LogP) is 1.91. The molecule has 1 unspecified atom stereocenters. The fraction of sp³-hybridized carbons (Fsp3) is 0.571. The molecule has 0 bridgehead atoms. The highest BCUT2D eigenvalue weighted by Crippen LogP contribution is 2.36. The van der Waals surface area contributed by atoms with Crippen LogP contribution in [-0.4, -0.2) is 30.9 Å². The second kappa shape index (κ2) is 5.23. The van der Waals surface area contributed by atoms with E-state index in [4.69, 9.17) is 0 Å². The van der Waals surface area contributed by atoms with Gasteiger partial charge in [0.1, 0.15) is 0 Å². The van der Waals surface area contributed by atoms with E-state index in [1.807, 2.05) is 13.8 Å². The summed E-state index contributed by atoms with van der Waals surface area (Å²) in [6.07, 6.45) is 2.22. The van der Waals surface area contributed by atoms with Crippen LogP contribution in [0.4, 0.5) is 0 Å². The SMILES string of the molecule is Cc1ccc(S(=O)(=O)N(C)C(C)C2CC2)cc1CO. The van der Waals surface area contributed by atoms with E-state index in [0.717, 1.165) is 18.4 Å². The van der Waals surface area contributed by atoms with Crippen molar-refractivity contribution in [3.63, 3.8) is 0 Å². The average Bonchev–Trinajstić information content (AvgIpc) is 3.21. The normalized spacial score (nSPS) is 17.7. The van der Waals surface area contributed by atoms with Crippen molar-refractivity contribution in [3.8, 4) is 0 Å². The van der Waals surface area contributed by atoms with Crippen molar-refractivity contribution < 1.29 is 13.5 Å². The highest BCUT2D eigenvalue weighted by atomic mass is 32.2. The summed E-state index contributed by atoms with van der Waals surface area (Å²) in [5.41, 5.74) is 1.56. The van der Waals surface area contributed by atoms with E-state index in [2.05, 4.69) is 0 Å². The molecule has 0 saturated heterocycles. The first-order chi connectivity index (χ1) is 8.87. The molecule has 106 valence electrons. The van der Waals surface area contributed by atoms with Gasteiger partial charge in [-0.15, -0.1) is 0 Å². The van der Waals surface area contributed by atoms with E-state index in [1.54, 1.807) is 25.2 Å². The average molecular weight is 283 g/mol. The molecule has 4 nitrogen and oxygen atoms in total. The lowest BCUT2D eigenvalue weighted by Gasteiger charge is -2.24. The zero-order valence-corrected chi connectivity index (χ0v) is 12.4. The number of rotatable bonds is 5. The number of nitrogens with zero attached hydrogens (tertiary/aromatic N) is 1. The van der Waals surface area contributed by atoms with E-state index in [9.17, 15) is 13.5 Å². The van der Waals surface area contributed by atoms with Crippen LogP contribution in [0.25, 0.3) is 0 Å². The Kier molecular flexibility index (Phi) is 3.99. The maximum absolute atomic E-state index is 12.5. The molecule has 0 amide bonds. The Morgan fingerprint density at radius 1 is 1.42 bits per heavy atom. The quantitative estimate of drug-likeness (QED) is 0.898. The summed E-state index contributed by atoms with van der Waals surface area (Å²) in [6.45, 7) is 3.67. The Bertz CT molecular complexity index is 564. The van der Waals surface area contributed by atoms with Gasteiger partial charge in [0.2, 0.25) is 10.0 Å². The zero-order valence-electron chi connectivity index (χ0n) is 11.6. The summed E-state index contributed by atoms with van der Waals surface area (Å²) in [6, 6.07) is 4.96. The molecule has 5 heteroatoms. The number of benzene rings is 1. The topological polar surface area (TPSA) is 57.6 Å². The molecule has 0 aliphatic heterocycles. The highest BCUT2D eigenvalue weighted by molar-refractivity contribution is 7.89. The minimum atomic E-state index is -3.47. The van der Waals surface area contributed by atoms with Gasteiger partial charge in [-0.1, -0.05) is 6.07 Å². The largest absolute Gasteiger partial charge is 0.392 e. The van der Waals surface area contributed by atoms with Gasteiger partial charge in [0.15, 0.2) is 0 Å². The van der Waals surface area contributed by atoms with Gasteiger partial charge in [-0.25, -0.2) is 8.42 Å². The third kappa shape index (κ3) is 2.83. The highest BCUT2D eigenvalue weighted by Gasteiger charge is 2.36. The second-order valence-corrected chi connectivity index (χ2v) is 7.34. The molecule has 1 aromatic carbocycles. The number of aliphatic hydroxyl groups is 1. The molecule has 0 radical (unpaired) electrons. The Labute approximate surface area is 115 Å². The van der Waals surface area contributed by atoms with Crippen LogP contribution in [0, 0.1) is 12.8 Å². The second-order valence-electron chi connectivity index (χ2n) is 5.35. The first-order valence-electron chi connectivity index (χ1n) is 6.56. The minimum Gasteiger partial charge on any atom is -0.392 e. The summed E-state index contributed by atoms with van der Waals surface area (Å²) in [5.74, 6) is 0.488. The fourth-order valence-corrected chi connectivity index (χ4v) is 3.71. The molecule has 1 saturated carbocycles. The molecule has 19 heavy (non-hydrogen) atoms. The molecule has 1 aromatic rings. The van der Waals surface area contributed by atoms with Crippen LogP contribution in [0.5, 0.6) is 0 Å². The lowest BCUT2D eigenvalue weighted by atomic mass is 10.1. The summed E-state index contributed by atoms with van der Waals surface area (Å²) in [4.78, 5) is 0.261. The third-order valence-electron chi connectivity index (χ3n) is 4.05. The molecular weight excluding hydrogens is 262 g/mol. The number of sulfonamides is 1. The van der Waals surface area contributed by atoms with Gasteiger partial charge < -0.3 is 5.11 Å². The van der Waals surface area contributed by atoms with Gasteiger partial charge in [0, 0.05) is 13.1 Å². The number of aliphatic hydroxyl groups excluding tert-OH is 1. The van der Waals surface area contributed by atoms with E-state index < -0.39 is 10.0 Å². The summed E-state index contributed by atoms with van der Waals surface area (Å²) in [7, 11) is -1.83. The monoisotopic (exact) mass is 283 g/mol. The minimum absolute atomic E-state index is 0.0314. The number of hydrogen-bond acceptors (Lipinski definition) is 3. The molecule has 0 heterocycles. The van der Waals surface area contributed by atoms with Gasteiger partial charge in [0.05, 0.1) is 11.5 Å². The summed E-state index contributed by atoms with van der Waals surface area (Å²) < 4.78 is 26.5. The van der Waals surface area contributed by atoms with Crippen LogP contribution >= 0.6 is 0 Å². The molecule has 0 spiro atoms. The fourth-order valence-electron chi connectivity index (χ4n) is 2.24. The molecule has 1 aliphatic rings. The third-order valence-corrected chi connectivity index (χ3v) is 5.99. The van der Waals surface area contributed by atoms with Crippen molar-refractivity contribution in [1.82, 2.24) is 4.31 Å². The Morgan fingerprint density at radius 2 is 2.05 bits per heavy atom. The van der Waals surface area contributed by atoms with Crippen molar-refractivity contribution in [2.45, 2.75) is 44.2 Å². The van der Waals surface area contributed by atoms with Crippen molar-refractivity contribution >= 4 is 10.0 Å². The summed E-state index contributed by atoms with van der Waals surface area (Å²) >= 11 is 0. The Balaban J connectivity index is 2.33. The predicted molar refractivity (Wildman–Crippen MR) is 74.2 cm³/mol. The molecule has 1 atom stereocenters. The van der Waals surface area contributed by atoms with Gasteiger partial charge in [0.25, 0.3) is 0 Å². The Hall–Kier alpha value is -0.910. The standard InChI is InChI=1S/C14H21NO3S/c1-10-4-7-14(8-13(10)9-16)19(17,18)15(3)11(2)12-5-6-12/h4,7-8,11-12,16H,5-6,9H2,1-3H3. The summed E-state index contributed by atoms with van der Waals surface area (Å²) in [5, 5.41) is 9.25. The maximum Gasteiger partial charge on any atom is 0.243 e. The van der Waals surface area contributed by atoms with E-state index in [0.29, 0.717) is 11.5 Å². The van der Waals surface area contributed by atoms with Gasteiger partial charge in [-0.3, -0.25) is 0 Å². The van der Waals surface area contributed by atoms with Crippen LogP contribution in [0.3, 0.4) is 0 Å². The molecular formula is C14H21NO3S. The van der Waals surface area contributed by atoms with E-state index in [-0.39, 0.29) is 17.5 Å². The van der Waals surface area contributed by atoms with Crippen molar-refractivity contribution in [2.75, 3.05) is 7.05 Å². The van der Waals surface area contributed by atoms with Crippen molar-refractivity contribution in [3.05, 3.63) is 29.3 Å². The van der Waals surface area contributed by atoms with Crippen molar-refractivity contribution in [1.29, 1.82) is 0 Å². The van der Waals surface area contributed by atoms with Crippen LogP contribution in [-0.2, 0) is 16.6 Å². The molecule has 1 N–H and O–H groups in total. The first kappa shape index (κ1) is 14.5. The molecule has 1 aliphatic carbocycles. The van der Waals surface area contributed by atoms with Gasteiger partial charge >= 0.3 is 0 Å².